The lowest BCUT2D eigenvalue weighted by Crippen LogP contribution is -2.55. The molecule has 5 nitrogen and oxygen atoms in total. The van der Waals surface area contributed by atoms with Crippen molar-refractivity contribution in [3.63, 3.8) is 0 Å². The molecule has 2 atom stereocenters. The lowest BCUT2D eigenvalue weighted by molar-refractivity contribution is -0.129. The highest BCUT2D eigenvalue weighted by Gasteiger charge is 2.27. The van der Waals surface area contributed by atoms with E-state index in [1.54, 1.807) is 0 Å². The molecule has 1 fully saturated rings. The van der Waals surface area contributed by atoms with Crippen molar-refractivity contribution in [1.82, 2.24) is 10.6 Å². The third-order valence-corrected chi connectivity index (χ3v) is 3.82. The number of benzene rings is 1. The van der Waals surface area contributed by atoms with Crippen LogP contribution in [0.1, 0.15) is 32.3 Å². The monoisotopic (exact) mass is 342 g/mol. The fourth-order valence-corrected chi connectivity index (χ4v) is 2.43. The van der Waals surface area contributed by atoms with Crippen molar-refractivity contribution in [2.24, 2.45) is 0 Å². The lowest BCUT2D eigenvalue weighted by atomic mass is 10.0. The normalized spacial score (nSPS) is 20.7. The fraction of sp³-hybridized carbons (Fsp3) is 0.588. The number of rotatable bonds is 6. The van der Waals surface area contributed by atoms with Gasteiger partial charge < -0.3 is 20.1 Å². The molecule has 1 aromatic rings. The van der Waals surface area contributed by atoms with Crippen LogP contribution in [0.2, 0.25) is 0 Å². The molecule has 0 unspecified atom stereocenters. The number of morpholine rings is 1. The highest BCUT2D eigenvalue weighted by molar-refractivity contribution is 5.85. The number of hydrogen-bond acceptors (Lipinski definition) is 4. The maximum Gasteiger partial charge on any atom is 0.239 e. The van der Waals surface area contributed by atoms with Gasteiger partial charge in [-0.1, -0.05) is 26.0 Å². The predicted molar refractivity (Wildman–Crippen MR) is 93.5 cm³/mol. The van der Waals surface area contributed by atoms with Crippen molar-refractivity contribution in [2.45, 2.75) is 38.8 Å². The first kappa shape index (κ1) is 19.7. The van der Waals surface area contributed by atoms with Crippen molar-refractivity contribution in [2.75, 3.05) is 26.3 Å². The summed E-state index contributed by atoms with van der Waals surface area (Å²) in [5.41, 5.74) is 1.29. The Kier molecular flexibility index (Phi) is 8.37. The van der Waals surface area contributed by atoms with Gasteiger partial charge in [0.2, 0.25) is 5.91 Å². The third kappa shape index (κ3) is 6.01. The van der Waals surface area contributed by atoms with Gasteiger partial charge >= 0.3 is 0 Å². The molecule has 130 valence electrons. The second kappa shape index (κ2) is 9.75. The van der Waals surface area contributed by atoms with E-state index in [0.717, 1.165) is 5.75 Å². The summed E-state index contributed by atoms with van der Waals surface area (Å²) in [4.78, 5) is 12.0. The summed E-state index contributed by atoms with van der Waals surface area (Å²) < 4.78 is 11.1. The van der Waals surface area contributed by atoms with E-state index < -0.39 is 0 Å². The summed E-state index contributed by atoms with van der Waals surface area (Å²) in [5, 5.41) is 6.04. The van der Waals surface area contributed by atoms with Crippen LogP contribution in [0.15, 0.2) is 24.3 Å². The van der Waals surface area contributed by atoms with Crippen LogP contribution >= 0.6 is 12.4 Å². The number of nitrogens with one attached hydrogen (secondary N) is 2. The Morgan fingerprint density at radius 1 is 1.39 bits per heavy atom. The van der Waals surface area contributed by atoms with E-state index in [1.165, 1.54) is 5.56 Å². The van der Waals surface area contributed by atoms with Crippen molar-refractivity contribution >= 4 is 18.3 Å². The Morgan fingerprint density at radius 2 is 2.09 bits per heavy atom. The van der Waals surface area contributed by atoms with Crippen LogP contribution in [-0.2, 0) is 9.53 Å². The molecule has 0 saturated carbocycles. The summed E-state index contributed by atoms with van der Waals surface area (Å²) in [6.07, 6.45) is -0.0988. The zero-order chi connectivity index (χ0) is 15.9. The molecule has 0 spiro atoms. The molecular weight excluding hydrogens is 316 g/mol. The van der Waals surface area contributed by atoms with Gasteiger partial charge in [-0.25, -0.2) is 0 Å². The number of amides is 1. The molecule has 1 heterocycles. The molecule has 23 heavy (non-hydrogen) atoms. The third-order valence-electron chi connectivity index (χ3n) is 3.82. The first-order valence-electron chi connectivity index (χ1n) is 7.93. The van der Waals surface area contributed by atoms with Crippen molar-refractivity contribution in [1.29, 1.82) is 0 Å². The SMILES string of the molecule is CC(C)c1ccc(OCCNC(=O)[C@H]2NCCO[C@@H]2C)cc1.Cl. The molecule has 0 radical (unpaired) electrons. The van der Waals surface area contributed by atoms with Gasteiger partial charge in [0.15, 0.2) is 0 Å². The minimum Gasteiger partial charge on any atom is -0.492 e. The molecule has 2 N–H and O–H groups in total. The average molecular weight is 343 g/mol. The van der Waals surface area contributed by atoms with Crippen molar-refractivity contribution in [3.8, 4) is 5.75 Å². The van der Waals surface area contributed by atoms with Crippen LogP contribution in [0.25, 0.3) is 0 Å². The maximum absolute atomic E-state index is 12.0. The van der Waals surface area contributed by atoms with Crippen molar-refractivity contribution in [3.05, 3.63) is 29.8 Å². The minimum absolute atomic E-state index is 0. The van der Waals surface area contributed by atoms with E-state index in [2.05, 4.69) is 36.6 Å². The van der Waals surface area contributed by atoms with Gasteiger partial charge in [-0.3, -0.25) is 4.79 Å². The van der Waals surface area contributed by atoms with E-state index in [4.69, 9.17) is 9.47 Å². The fourth-order valence-electron chi connectivity index (χ4n) is 2.43. The number of ether oxygens (including phenoxy) is 2. The molecule has 1 amide bonds. The molecule has 1 saturated heterocycles. The van der Waals surface area contributed by atoms with Crippen LogP contribution in [0.3, 0.4) is 0 Å². The predicted octanol–water partition coefficient (Wildman–Crippen LogP) is 2.10. The van der Waals surface area contributed by atoms with Crippen LogP contribution in [0.5, 0.6) is 5.75 Å². The molecule has 1 aliphatic rings. The summed E-state index contributed by atoms with van der Waals surface area (Å²) in [6.45, 7) is 8.53. The zero-order valence-corrected chi connectivity index (χ0v) is 14.8. The Balaban J connectivity index is 0.00000264. The average Bonchev–Trinajstić information content (AvgIpc) is 2.52. The van der Waals surface area contributed by atoms with E-state index in [1.807, 2.05) is 19.1 Å². The van der Waals surface area contributed by atoms with Crippen LogP contribution < -0.4 is 15.4 Å². The van der Waals surface area contributed by atoms with Gasteiger partial charge in [-0.15, -0.1) is 12.4 Å². The molecule has 1 aliphatic heterocycles. The van der Waals surface area contributed by atoms with E-state index in [0.29, 0.717) is 32.2 Å². The van der Waals surface area contributed by atoms with E-state index in [9.17, 15) is 4.79 Å². The van der Waals surface area contributed by atoms with E-state index in [-0.39, 0.29) is 30.5 Å². The topological polar surface area (TPSA) is 59.6 Å². The largest absolute Gasteiger partial charge is 0.492 e. The molecule has 1 aromatic carbocycles. The Morgan fingerprint density at radius 3 is 2.70 bits per heavy atom. The van der Waals surface area contributed by atoms with Crippen LogP contribution in [-0.4, -0.2) is 44.4 Å². The summed E-state index contributed by atoms with van der Waals surface area (Å²) in [6, 6.07) is 7.80. The van der Waals surface area contributed by atoms with Gasteiger partial charge in [0.25, 0.3) is 0 Å². The minimum atomic E-state index is -0.279. The molecule has 2 rings (SSSR count). The first-order valence-corrected chi connectivity index (χ1v) is 7.93. The standard InChI is InChI=1S/C17H26N2O3.ClH/c1-12(2)14-4-6-15(7-5-14)22-11-9-19-17(20)16-13(3)21-10-8-18-16;/h4-7,12-13,16,18H,8-11H2,1-3H3,(H,19,20);1H/t13-,16+;/m1./s1. The Bertz CT molecular complexity index is 479. The Hall–Kier alpha value is -1.30. The molecule has 0 aromatic heterocycles. The summed E-state index contributed by atoms with van der Waals surface area (Å²) in [7, 11) is 0. The number of carbonyl (C=O) groups excluding carboxylic acids is 1. The van der Waals surface area contributed by atoms with Crippen molar-refractivity contribution < 1.29 is 14.3 Å². The summed E-state index contributed by atoms with van der Waals surface area (Å²) in [5.74, 6) is 1.30. The van der Waals surface area contributed by atoms with Gasteiger partial charge in [-0.2, -0.15) is 0 Å². The smallest absolute Gasteiger partial charge is 0.239 e. The molecular formula is C17H27ClN2O3. The second-order valence-corrected chi connectivity index (χ2v) is 5.87. The quantitative estimate of drug-likeness (QED) is 0.777. The molecule has 0 aliphatic carbocycles. The van der Waals surface area contributed by atoms with Gasteiger partial charge in [-0.05, 0) is 30.5 Å². The highest BCUT2D eigenvalue weighted by Crippen LogP contribution is 2.18. The zero-order valence-electron chi connectivity index (χ0n) is 14.0. The first-order chi connectivity index (χ1) is 10.6. The number of halogens is 1. The van der Waals surface area contributed by atoms with Crippen LogP contribution in [0.4, 0.5) is 0 Å². The second-order valence-electron chi connectivity index (χ2n) is 5.87. The van der Waals surface area contributed by atoms with Gasteiger partial charge in [0, 0.05) is 6.54 Å². The number of carbonyl (C=O) groups is 1. The number of hydrogen-bond donors (Lipinski definition) is 2. The summed E-state index contributed by atoms with van der Waals surface area (Å²) >= 11 is 0. The van der Waals surface area contributed by atoms with Crippen LogP contribution in [0, 0.1) is 0 Å². The van der Waals surface area contributed by atoms with Gasteiger partial charge in [0.05, 0.1) is 19.3 Å². The Labute approximate surface area is 144 Å². The molecule has 0 bridgehead atoms. The highest BCUT2D eigenvalue weighted by atomic mass is 35.5. The lowest BCUT2D eigenvalue weighted by Gasteiger charge is -2.29. The molecule has 6 heteroatoms. The van der Waals surface area contributed by atoms with Gasteiger partial charge in [0.1, 0.15) is 18.4 Å². The van der Waals surface area contributed by atoms with E-state index >= 15 is 0 Å². The maximum atomic E-state index is 12.0.